The van der Waals surface area contributed by atoms with E-state index in [1.807, 2.05) is 0 Å². The van der Waals surface area contributed by atoms with Gasteiger partial charge in [-0.2, -0.15) is 0 Å². The van der Waals surface area contributed by atoms with E-state index in [1.165, 1.54) is 161 Å². The van der Waals surface area contributed by atoms with E-state index in [2.05, 4.69) is 13.8 Å². The Bertz CT molecular complexity index is 831. The van der Waals surface area contributed by atoms with Crippen molar-refractivity contribution < 1.29 is 34.1 Å². The maximum Gasteiger partial charge on any atom is 0.345 e. The number of hydrogen-bond donors (Lipinski definition) is 2. The van der Waals surface area contributed by atoms with Crippen LogP contribution in [0.4, 0.5) is 0 Å². The predicted molar refractivity (Wildman–Crippen MR) is 230 cm³/mol. The molecule has 0 amide bonds. The number of hydrogen-bond acceptors (Lipinski definition) is 7. The van der Waals surface area contributed by atoms with E-state index in [0.717, 1.165) is 70.6 Å². The maximum absolute atomic E-state index is 12.8. The lowest BCUT2D eigenvalue weighted by molar-refractivity contribution is -0.170. The van der Waals surface area contributed by atoms with Crippen LogP contribution < -0.4 is 0 Å². The number of esters is 3. The highest BCUT2D eigenvalue weighted by Gasteiger charge is 2.25. The van der Waals surface area contributed by atoms with Crippen LogP contribution in [0.1, 0.15) is 264 Å². The minimum Gasteiger partial charge on any atom is -0.466 e. The summed E-state index contributed by atoms with van der Waals surface area (Å²) in [6.45, 7) is 4.30. The van der Waals surface area contributed by atoms with Gasteiger partial charge in [-0.1, -0.05) is 232 Å². The van der Waals surface area contributed by atoms with Gasteiger partial charge in [-0.25, -0.2) is 4.79 Å². The molecule has 2 N–H and O–H groups in total. The van der Waals surface area contributed by atoms with Crippen molar-refractivity contribution in [2.45, 2.75) is 270 Å². The molecule has 0 rings (SSSR count). The topological polar surface area (TPSA) is 110 Å². The van der Waals surface area contributed by atoms with Crippen LogP contribution in [0.2, 0.25) is 0 Å². The monoisotopic (exact) mass is 781 g/mol. The number of ether oxygens (including phenoxy) is 2. The molecule has 0 heterocycles. The van der Waals surface area contributed by atoms with Crippen LogP contribution in [0, 0.1) is 5.92 Å². The molecule has 0 bridgehead atoms. The van der Waals surface area contributed by atoms with Gasteiger partial charge in [0.05, 0.1) is 19.1 Å². The van der Waals surface area contributed by atoms with Gasteiger partial charge < -0.3 is 19.7 Å². The van der Waals surface area contributed by atoms with E-state index in [4.69, 9.17) is 14.6 Å². The third-order valence-corrected chi connectivity index (χ3v) is 11.3. The standard InChI is InChI=1S/C48H92O7/c1-3-5-7-9-11-13-15-17-19-21-23-25-29-33-37-41-46(51)54-42-38-34-30-26-28-32-36-40-44(47(52)55-48(53)45(50)43-49)39-35-31-27-24-22-20-18-16-14-12-10-8-6-4-2/h44-45,49-50H,3-43H2,1-2H3. The second-order valence-electron chi connectivity index (χ2n) is 16.7. The summed E-state index contributed by atoms with van der Waals surface area (Å²) in [7, 11) is 0. The molecule has 55 heavy (non-hydrogen) atoms. The first-order valence-corrected chi connectivity index (χ1v) is 24.2. The summed E-state index contributed by atoms with van der Waals surface area (Å²) in [5.41, 5.74) is 0. The molecule has 0 aromatic heterocycles. The molecule has 0 aliphatic heterocycles. The second kappa shape index (κ2) is 43.6. The van der Waals surface area contributed by atoms with Crippen molar-refractivity contribution in [3.8, 4) is 0 Å². The summed E-state index contributed by atoms with van der Waals surface area (Å²) in [6, 6.07) is 0. The highest BCUT2D eigenvalue weighted by molar-refractivity contribution is 5.88. The van der Waals surface area contributed by atoms with E-state index in [1.54, 1.807) is 0 Å². The third kappa shape index (κ3) is 39.2. The van der Waals surface area contributed by atoms with Crippen molar-refractivity contribution in [1.82, 2.24) is 0 Å². The summed E-state index contributed by atoms with van der Waals surface area (Å²) in [5, 5.41) is 18.6. The van der Waals surface area contributed by atoms with E-state index >= 15 is 0 Å². The zero-order valence-electron chi connectivity index (χ0n) is 36.6. The minimum atomic E-state index is -1.67. The Kier molecular flexibility index (Phi) is 42.5. The summed E-state index contributed by atoms with van der Waals surface area (Å²) in [4.78, 5) is 36.8. The van der Waals surface area contributed by atoms with Crippen LogP contribution in [0.5, 0.6) is 0 Å². The normalized spacial score (nSPS) is 12.5. The van der Waals surface area contributed by atoms with Crippen LogP contribution in [0.15, 0.2) is 0 Å². The molecule has 0 aromatic carbocycles. The van der Waals surface area contributed by atoms with E-state index in [9.17, 15) is 19.5 Å². The van der Waals surface area contributed by atoms with Gasteiger partial charge in [0.1, 0.15) is 0 Å². The Morgan fingerprint density at radius 2 is 0.727 bits per heavy atom. The molecule has 2 unspecified atom stereocenters. The van der Waals surface area contributed by atoms with Crippen LogP contribution in [0.3, 0.4) is 0 Å². The zero-order chi connectivity index (χ0) is 40.3. The fraction of sp³-hybridized carbons (Fsp3) is 0.938. The van der Waals surface area contributed by atoms with Crippen molar-refractivity contribution in [3.05, 3.63) is 0 Å². The molecule has 0 aliphatic rings. The largest absolute Gasteiger partial charge is 0.466 e. The Labute approximate surface area is 340 Å². The number of aliphatic hydroxyl groups excluding tert-OH is 2. The quantitative estimate of drug-likeness (QED) is 0.0360. The summed E-state index contributed by atoms with van der Waals surface area (Å²) < 4.78 is 10.4. The average molecular weight is 781 g/mol. The molecule has 7 nitrogen and oxygen atoms in total. The summed E-state index contributed by atoms with van der Waals surface area (Å²) in [6.07, 6.45) is 45.1. The Morgan fingerprint density at radius 1 is 0.418 bits per heavy atom. The number of rotatable bonds is 44. The Balaban J connectivity index is 3.85. The van der Waals surface area contributed by atoms with Crippen LogP contribution in [-0.2, 0) is 23.9 Å². The van der Waals surface area contributed by atoms with Crippen molar-refractivity contribution in [3.63, 3.8) is 0 Å². The molecule has 0 aromatic rings. The van der Waals surface area contributed by atoms with Gasteiger partial charge >= 0.3 is 17.9 Å². The van der Waals surface area contributed by atoms with Gasteiger partial charge in [-0.15, -0.1) is 0 Å². The Hall–Kier alpha value is -1.47. The van der Waals surface area contributed by atoms with Crippen LogP contribution in [0.25, 0.3) is 0 Å². The fourth-order valence-electron chi connectivity index (χ4n) is 7.57. The van der Waals surface area contributed by atoms with Gasteiger partial charge in [0, 0.05) is 6.42 Å². The van der Waals surface area contributed by atoms with Gasteiger partial charge in [-0.05, 0) is 25.7 Å². The highest BCUT2D eigenvalue weighted by atomic mass is 16.6. The van der Waals surface area contributed by atoms with Gasteiger partial charge in [0.25, 0.3) is 0 Å². The molecule has 0 spiro atoms. The zero-order valence-corrected chi connectivity index (χ0v) is 36.6. The van der Waals surface area contributed by atoms with Crippen molar-refractivity contribution >= 4 is 17.9 Å². The van der Waals surface area contributed by atoms with Gasteiger partial charge in [-0.3, -0.25) is 9.59 Å². The first-order valence-electron chi connectivity index (χ1n) is 24.2. The molecule has 0 saturated carbocycles. The van der Waals surface area contributed by atoms with E-state index in [0.29, 0.717) is 25.9 Å². The first kappa shape index (κ1) is 53.5. The van der Waals surface area contributed by atoms with Crippen molar-refractivity contribution in [2.75, 3.05) is 13.2 Å². The first-order chi connectivity index (χ1) is 27.0. The lowest BCUT2D eigenvalue weighted by Gasteiger charge is -2.16. The molecule has 0 aliphatic carbocycles. The molecular formula is C48H92O7. The van der Waals surface area contributed by atoms with Crippen LogP contribution in [-0.4, -0.2) is 47.4 Å². The molecule has 7 heteroatoms. The van der Waals surface area contributed by atoms with Crippen LogP contribution >= 0.6 is 0 Å². The number of carbonyl (C=O) groups excluding carboxylic acids is 3. The molecule has 0 radical (unpaired) electrons. The van der Waals surface area contributed by atoms with Gasteiger partial charge in [0.2, 0.25) is 0 Å². The average Bonchev–Trinajstić information content (AvgIpc) is 3.18. The smallest absolute Gasteiger partial charge is 0.345 e. The number of carbonyl (C=O) groups is 3. The maximum atomic E-state index is 12.8. The predicted octanol–water partition coefficient (Wildman–Crippen LogP) is 13.8. The summed E-state index contributed by atoms with van der Waals surface area (Å²) >= 11 is 0. The molecule has 0 fully saturated rings. The van der Waals surface area contributed by atoms with E-state index < -0.39 is 24.6 Å². The number of aliphatic hydroxyl groups is 2. The van der Waals surface area contributed by atoms with Crippen molar-refractivity contribution in [2.24, 2.45) is 5.92 Å². The lowest BCUT2D eigenvalue weighted by atomic mass is 9.94. The second-order valence-corrected chi connectivity index (χ2v) is 16.7. The molecular weight excluding hydrogens is 689 g/mol. The lowest BCUT2D eigenvalue weighted by Crippen LogP contribution is -2.31. The highest BCUT2D eigenvalue weighted by Crippen LogP contribution is 2.22. The molecule has 326 valence electrons. The summed E-state index contributed by atoms with van der Waals surface area (Å²) in [5.74, 6) is -2.03. The fourth-order valence-corrected chi connectivity index (χ4v) is 7.57. The number of unbranched alkanes of at least 4 members (excludes halogenated alkanes) is 33. The van der Waals surface area contributed by atoms with E-state index in [-0.39, 0.29) is 11.9 Å². The molecule has 2 atom stereocenters. The third-order valence-electron chi connectivity index (χ3n) is 11.3. The van der Waals surface area contributed by atoms with Crippen molar-refractivity contribution in [1.29, 1.82) is 0 Å². The Morgan fingerprint density at radius 3 is 1.07 bits per heavy atom. The molecule has 0 saturated heterocycles. The SMILES string of the molecule is CCCCCCCCCCCCCCCCCC(=O)OCCCCCCCCCC(CCCCCCCCCCCCCCCC)C(=O)OC(=O)C(O)CO. The minimum absolute atomic E-state index is 0.0515. The van der Waals surface area contributed by atoms with Gasteiger partial charge in [0.15, 0.2) is 6.10 Å².